The molecule has 1 unspecified atom stereocenters. The normalized spacial score (nSPS) is 27.1. The van der Waals surface area contributed by atoms with Crippen molar-refractivity contribution in [3.8, 4) is 0 Å². The number of primary amides is 1. The third-order valence-corrected chi connectivity index (χ3v) is 7.97. The number of amides is 5. The van der Waals surface area contributed by atoms with Gasteiger partial charge in [0, 0.05) is 14.8 Å². The number of ketones is 1. The maximum Gasteiger partial charge on any atom is 0.315 e. The molecule has 5 atom stereocenters. The summed E-state index contributed by atoms with van der Waals surface area (Å²) in [5.74, 6) is -4.30. The second-order valence-corrected chi connectivity index (χ2v) is 14.0. The molecule has 1 aliphatic heterocycles. The van der Waals surface area contributed by atoms with E-state index in [0.717, 1.165) is 6.42 Å². The number of fused-ring (bicyclic) bond motifs is 1. The van der Waals surface area contributed by atoms with Crippen LogP contribution in [0.25, 0.3) is 0 Å². The SMILES string of the molecule is [2H]C([2H])(C1CCC1)C(NC(=O)[C@@H]1[C@@H]2[C@H](CN1C(=O)[C@H](CC(C)(C)C)NC(=O)NC(C)(C)C)C2(C)C)C(=O)C(N)=O. The van der Waals surface area contributed by atoms with Crippen molar-refractivity contribution in [2.45, 2.75) is 111 Å². The van der Waals surface area contributed by atoms with Crippen molar-refractivity contribution in [2.75, 3.05) is 6.54 Å². The summed E-state index contributed by atoms with van der Waals surface area (Å²) in [5.41, 5.74) is 4.15. The van der Waals surface area contributed by atoms with Gasteiger partial charge < -0.3 is 26.6 Å². The number of hydrogen-bond donors (Lipinski definition) is 4. The molecule has 38 heavy (non-hydrogen) atoms. The summed E-state index contributed by atoms with van der Waals surface area (Å²) in [6, 6.07) is -4.14. The predicted octanol–water partition coefficient (Wildman–Crippen LogP) is 2.10. The molecule has 3 aliphatic rings. The minimum Gasteiger partial charge on any atom is -0.363 e. The Morgan fingerprint density at radius 1 is 1.03 bits per heavy atom. The summed E-state index contributed by atoms with van der Waals surface area (Å²) in [6.07, 6.45) is 0.0125. The van der Waals surface area contributed by atoms with E-state index in [4.69, 9.17) is 8.48 Å². The van der Waals surface area contributed by atoms with Crippen LogP contribution in [0, 0.1) is 28.6 Å². The van der Waals surface area contributed by atoms with Gasteiger partial charge in [-0.1, -0.05) is 53.9 Å². The standard InChI is InChI=1S/C28H47N5O5/c1-26(2,3)13-18(31-25(38)32-27(4,5)6)24(37)33-14-16-19(28(16,7)8)20(33)23(36)30-17(21(34)22(29)35)12-15-10-9-11-15/h15-20H,9-14H2,1-8H3,(H2,29,35)(H,30,36)(H2,31,32,38)/t16-,17?,18-,19-,20-/m0/s1/i12D2. The molecule has 5 N–H and O–H groups in total. The van der Waals surface area contributed by atoms with Gasteiger partial charge in [-0.3, -0.25) is 19.2 Å². The fourth-order valence-corrected chi connectivity index (χ4v) is 5.72. The average Bonchev–Trinajstić information content (AvgIpc) is 3.06. The number of nitrogens with one attached hydrogen (secondary N) is 3. The van der Waals surface area contributed by atoms with Gasteiger partial charge >= 0.3 is 6.03 Å². The zero-order valence-corrected chi connectivity index (χ0v) is 24.1. The molecule has 10 nitrogen and oxygen atoms in total. The van der Waals surface area contributed by atoms with Crippen molar-refractivity contribution in [3.05, 3.63) is 0 Å². The Morgan fingerprint density at radius 2 is 1.63 bits per heavy atom. The van der Waals surface area contributed by atoms with Crippen molar-refractivity contribution in [1.29, 1.82) is 0 Å². The van der Waals surface area contributed by atoms with Crippen molar-refractivity contribution < 1.29 is 26.7 Å². The lowest BCUT2D eigenvalue weighted by molar-refractivity contribution is -0.144. The lowest BCUT2D eigenvalue weighted by atomic mass is 9.80. The van der Waals surface area contributed by atoms with Gasteiger partial charge in [0.05, 0.1) is 6.04 Å². The second-order valence-electron chi connectivity index (χ2n) is 14.0. The van der Waals surface area contributed by atoms with Gasteiger partial charge in [0.2, 0.25) is 17.6 Å². The number of nitrogens with zero attached hydrogens (tertiary/aromatic N) is 1. The molecule has 0 spiro atoms. The first-order chi connectivity index (χ1) is 18.1. The van der Waals surface area contributed by atoms with E-state index >= 15 is 0 Å². The van der Waals surface area contributed by atoms with Crippen molar-refractivity contribution in [1.82, 2.24) is 20.9 Å². The van der Waals surface area contributed by atoms with E-state index in [2.05, 4.69) is 16.0 Å². The van der Waals surface area contributed by atoms with Crippen LogP contribution in [-0.4, -0.2) is 64.6 Å². The number of urea groups is 1. The van der Waals surface area contributed by atoms with Crippen molar-refractivity contribution in [3.63, 3.8) is 0 Å². The Balaban J connectivity index is 1.90. The van der Waals surface area contributed by atoms with E-state index in [9.17, 15) is 24.0 Å². The molecule has 0 bridgehead atoms. The highest BCUT2D eigenvalue weighted by atomic mass is 16.2. The Morgan fingerprint density at radius 3 is 2.11 bits per heavy atom. The van der Waals surface area contributed by atoms with Gasteiger partial charge in [-0.15, -0.1) is 0 Å². The molecular weight excluding hydrogens is 486 g/mol. The molecule has 0 aromatic heterocycles. The van der Waals surface area contributed by atoms with Crippen LogP contribution in [0.1, 0.15) is 90.2 Å². The number of carbonyl (C=O) groups excluding carboxylic acids is 5. The molecule has 2 saturated carbocycles. The first-order valence-corrected chi connectivity index (χ1v) is 13.6. The largest absolute Gasteiger partial charge is 0.363 e. The Labute approximate surface area is 229 Å². The maximum atomic E-state index is 14.0. The number of carbonyl (C=O) groups is 5. The molecule has 214 valence electrons. The lowest BCUT2D eigenvalue weighted by Gasteiger charge is -2.36. The minimum atomic E-state index is -2.17. The van der Waals surface area contributed by atoms with E-state index in [1.807, 2.05) is 55.4 Å². The molecule has 5 amide bonds. The van der Waals surface area contributed by atoms with Gasteiger partial charge in [-0.05, 0) is 62.1 Å². The highest BCUT2D eigenvalue weighted by Crippen LogP contribution is 2.65. The van der Waals surface area contributed by atoms with Gasteiger partial charge in [-0.2, -0.15) is 0 Å². The van der Waals surface area contributed by atoms with Gasteiger partial charge in [0.25, 0.3) is 5.91 Å². The summed E-state index contributed by atoms with van der Waals surface area (Å²) in [6.45, 7) is 15.6. The van der Waals surface area contributed by atoms with Crippen molar-refractivity contribution in [2.24, 2.45) is 34.3 Å². The van der Waals surface area contributed by atoms with E-state index in [1.54, 1.807) is 0 Å². The monoisotopic (exact) mass is 535 g/mol. The topological polar surface area (TPSA) is 151 Å². The van der Waals surface area contributed by atoms with Crippen LogP contribution in [0.2, 0.25) is 0 Å². The highest BCUT2D eigenvalue weighted by Gasteiger charge is 2.69. The van der Waals surface area contributed by atoms with Crippen molar-refractivity contribution >= 4 is 29.5 Å². The molecule has 1 saturated heterocycles. The van der Waals surface area contributed by atoms with Crippen LogP contribution in [0.4, 0.5) is 4.79 Å². The summed E-state index contributed by atoms with van der Waals surface area (Å²) in [5, 5.41) is 8.12. The minimum absolute atomic E-state index is 0.0274. The quantitative estimate of drug-likeness (QED) is 0.333. The summed E-state index contributed by atoms with van der Waals surface area (Å²) in [7, 11) is 0. The maximum absolute atomic E-state index is 14.0. The third-order valence-electron chi connectivity index (χ3n) is 7.97. The molecule has 1 heterocycles. The van der Waals surface area contributed by atoms with E-state index in [0.29, 0.717) is 25.8 Å². The Kier molecular flexibility index (Phi) is 7.44. The number of rotatable bonds is 9. The zero-order valence-electron chi connectivity index (χ0n) is 26.1. The lowest BCUT2D eigenvalue weighted by Crippen LogP contribution is -2.60. The van der Waals surface area contributed by atoms with Crippen LogP contribution in [0.15, 0.2) is 0 Å². The van der Waals surface area contributed by atoms with Crippen LogP contribution in [0.5, 0.6) is 0 Å². The fraction of sp³-hybridized carbons (Fsp3) is 0.821. The van der Waals surface area contributed by atoms with Crippen LogP contribution < -0.4 is 21.7 Å². The first-order valence-electron chi connectivity index (χ1n) is 14.6. The van der Waals surface area contributed by atoms with Gasteiger partial charge in [-0.25, -0.2) is 4.79 Å². The molecule has 0 aromatic carbocycles. The van der Waals surface area contributed by atoms with E-state index < -0.39 is 65.5 Å². The molecule has 0 aromatic rings. The Hall–Kier alpha value is -2.65. The van der Waals surface area contributed by atoms with Gasteiger partial charge in [0.1, 0.15) is 12.1 Å². The van der Waals surface area contributed by atoms with E-state index in [1.165, 1.54) is 4.90 Å². The Bertz CT molecular complexity index is 1060. The summed E-state index contributed by atoms with van der Waals surface area (Å²) >= 11 is 0. The molecule has 2 aliphatic carbocycles. The zero-order chi connectivity index (χ0) is 30.6. The number of piperidine rings is 1. The first kappa shape index (κ1) is 26.9. The number of Topliss-reactive ketones (excluding diaryl/α,β-unsaturated/α-hetero) is 1. The van der Waals surface area contributed by atoms with E-state index in [-0.39, 0.29) is 22.7 Å². The smallest absolute Gasteiger partial charge is 0.315 e. The molecule has 3 rings (SSSR count). The molecule has 0 radical (unpaired) electrons. The van der Waals surface area contributed by atoms with Crippen LogP contribution in [0.3, 0.4) is 0 Å². The third kappa shape index (κ3) is 6.86. The van der Waals surface area contributed by atoms with Crippen LogP contribution in [-0.2, 0) is 19.2 Å². The van der Waals surface area contributed by atoms with Gasteiger partial charge in [0.15, 0.2) is 0 Å². The van der Waals surface area contributed by atoms with Crippen LogP contribution >= 0.6 is 0 Å². The molecular formula is C28H47N5O5. The predicted molar refractivity (Wildman–Crippen MR) is 144 cm³/mol. The average molecular weight is 536 g/mol. The number of likely N-dealkylation sites (tertiary alicyclic amines) is 1. The number of nitrogens with two attached hydrogens (primary N) is 1. The highest BCUT2D eigenvalue weighted by molar-refractivity contribution is 6.37. The molecule has 3 fully saturated rings. The number of hydrogen-bond acceptors (Lipinski definition) is 5. The second kappa shape index (κ2) is 10.5. The summed E-state index contributed by atoms with van der Waals surface area (Å²) < 4.78 is 17.2. The summed E-state index contributed by atoms with van der Waals surface area (Å²) in [4.78, 5) is 66.6. The molecule has 10 heteroatoms. The fourth-order valence-electron chi connectivity index (χ4n) is 5.72.